The lowest BCUT2D eigenvalue weighted by Gasteiger charge is -2.26. The highest BCUT2D eigenvalue weighted by Gasteiger charge is 2.19. The second kappa shape index (κ2) is 10.5. The molecule has 1 saturated heterocycles. The first-order valence-corrected chi connectivity index (χ1v) is 11.1. The molecule has 30 heavy (non-hydrogen) atoms. The van der Waals surface area contributed by atoms with Gasteiger partial charge in [0.15, 0.2) is 5.11 Å². The number of anilines is 1. The molecule has 2 amide bonds. The molecule has 2 N–H and O–H groups in total. The van der Waals surface area contributed by atoms with Gasteiger partial charge in [0.25, 0.3) is 11.8 Å². The van der Waals surface area contributed by atoms with Crippen molar-refractivity contribution in [3.05, 3.63) is 58.1 Å². The highest BCUT2D eigenvalue weighted by molar-refractivity contribution is 9.10. The largest absolute Gasteiger partial charge is 0.493 e. The van der Waals surface area contributed by atoms with Crippen molar-refractivity contribution in [3.8, 4) is 5.75 Å². The van der Waals surface area contributed by atoms with Gasteiger partial charge in [-0.2, -0.15) is 0 Å². The van der Waals surface area contributed by atoms with Crippen LogP contribution in [0, 0.1) is 0 Å². The molecule has 0 bridgehead atoms. The number of amides is 2. The number of piperidine rings is 1. The van der Waals surface area contributed by atoms with E-state index in [1.807, 2.05) is 17.9 Å². The van der Waals surface area contributed by atoms with Gasteiger partial charge in [0.05, 0.1) is 12.2 Å². The molecule has 6 nitrogen and oxygen atoms in total. The Hall–Kier alpha value is -2.45. The first kappa shape index (κ1) is 22.2. The van der Waals surface area contributed by atoms with Crippen LogP contribution in [0.3, 0.4) is 0 Å². The molecule has 0 radical (unpaired) electrons. The third-order valence-corrected chi connectivity index (χ3v) is 5.42. The minimum absolute atomic E-state index is 0.0174. The van der Waals surface area contributed by atoms with Crippen LogP contribution in [0.15, 0.2) is 46.9 Å². The summed E-state index contributed by atoms with van der Waals surface area (Å²) < 4.78 is 6.29. The summed E-state index contributed by atoms with van der Waals surface area (Å²) in [6, 6.07) is 12.4. The number of halogens is 1. The van der Waals surface area contributed by atoms with Gasteiger partial charge in [0.1, 0.15) is 5.75 Å². The lowest BCUT2D eigenvalue weighted by molar-refractivity contribution is 0.0724. The van der Waals surface area contributed by atoms with Crippen molar-refractivity contribution < 1.29 is 14.3 Å². The van der Waals surface area contributed by atoms with Crippen LogP contribution in [0.1, 0.15) is 46.9 Å². The first-order valence-electron chi connectivity index (χ1n) is 9.92. The highest BCUT2D eigenvalue weighted by Crippen LogP contribution is 2.23. The number of carbonyl (C=O) groups is 2. The van der Waals surface area contributed by atoms with Crippen molar-refractivity contribution >= 4 is 50.8 Å². The zero-order valence-corrected chi connectivity index (χ0v) is 19.1. The third kappa shape index (κ3) is 5.79. The molecule has 1 aliphatic rings. The van der Waals surface area contributed by atoms with Gasteiger partial charge in [-0.1, -0.05) is 22.0 Å². The predicted molar refractivity (Wildman–Crippen MR) is 125 cm³/mol. The van der Waals surface area contributed by atoms with E-state index in [1.54, 1.807) is 36.4 Å². The van der Waals surface area contributed by atoms with Crippen LogP contribution < -0.4 is 15.4 Å². The third-order valence-electron chi connectivity index (χ3n) is 4.72. The molecule has 2 aromatic carbocycles. The summed E-state index contributed by atoms with van der Waals surface area (Å²) in [5, 5.41) is 5.79. The highest BCUT2D eigenvalue weighted by atomic mass is 79.9. The van der Waals surface area contributed by atoms with Gasteiger partial charge in [0.2, 0.25) is 0 Å². The van der Waals surface area contributed by atoms with E-state index in [1.165, 1.54) is 6.42 Å². The second-order valence-electron chi connectivity index (χ2n) is 6.92. The molecule has 1 aliphatic heterocycles. The van der Waals surface area contributed by atoms with E-state index in [9.17, 15) is 9.59 Å². The van der Waals surface area contributed by atoms with Crippen molar-refractivity contribution in [1.82, 2.24) is 10.2 Å². The molecule has 3 rings (SSSR count). The minimum Gasteiger partial charge on any atom is -0.493 e. The van der Waals surface area contributed by atoms with Crippen LogP contribution in [0.5, 0.6) is 5.75 Å². The van der Waals surface area contributed by atoms with Crippen molar-refractivity contribution in [1.29, 1.82) is 0 Å². The maximum atomic E-state index is 12.7. The number of rotatable bonds is 5. The van der Waals surface area contributed by atoms with Crippen LogP contribution in [-0.4, -0.2) is 41.5 Å². The summed E-state index contributed by atoms with van der Waals surface area (Å²) in [6.07, 6.45) is 3.25. The van der Waals surface area contributed by atoms with E-state index in [-0.39, 0.29) is 16.9 Å². The number of nitrogens with one attached hydrogen (secondary N) is 2. The van der Waals surface area contributed by atoms with E-state index < -0.39 is 0 Å². The number of hydrogen-bond acceptors (Lipinski definition) is 4. The van der Waals surface area contributed by atoms with E-state index >= 15 is 0 Å². The fourth-order valence-electron chi connectivity index (χ4n) is 3.30. The lowest BCUT2D eigenvalue weighted by atomic mass is 10.1. The van der Waals surface area contributed by atoms with E-state index in [4.69, 9.17) is 17.0 Å². The number of ether oxygens (including phenoxy) is 1. The topological polar surface area (TPSA) is 70.7 Å². The van der Waals surface area contributed by atoms with Crippen LogP contribution >= 0.6 is 28.1 Å². The summed E-state index contributed by atoms with van der Waals surface area (Å²) in [6.45, 7) is 3.88. The Labute approximate surface area is 190 Å². The molecule has 0 unspecified atom stereocenters. The molecule has 0 saturated carbocycles. The number of likely N-dealkylation sites (tertiary alicyclic amines) is 1. The predicted octanol–water partition coefficient (Wildman–Crippen LogP) is 4.60. The molecule has 1 heterocycles. The average Bonchev–Trinajstić information content (AvgIpc) is 2.75. The summed E-state index contributed by atoms with van der Waals surface area (Å²) in [5.41, 5.74) is 1.62. The summed E-state index contributed by atoms with van der Waals surface area (Å²) in [5.74, 6) is 0.122. The number of carbonyl (C=O) groups excluding carboxylic acids is 2. The molecule has 0 aromatic heterocycles. The van der Waals surface area contributed by atoms with Gasteiger partial charge < -0.3 is 15.0 Å². The average molecular weight is 490 g/mol. The Balaban J connectivity index is 1.66. The minimum atomic E-state index is -0.377. The van der Waals surface area contributed by atoms with E-state index in [0.29, 0.717) is 29.2 Å². The molecular weight excluding hydrogens is 466 g/mol. The molecule has 158 valence electrons. The number of thiocarbonyl (C=S) groups is 1. The SMILES string of the molecule is CCOc1ccc(Br)cc1C(=O)NC(=S)Nc1cccc(C(=O)N2CCCCC2)c1. The number of hydrogen-bond donors (Lipinski definition) is 2. The fourth-order valence-corrected chi connectivity index (χ4v) is 3.87. The van der Waals surface area contributed by atoms with Crippen molar-refractivity contribution in [2.75, 3.05) is 25.0 Å². The standard InChI is InChI=1S/C22H24BrN3O3S/c1-2-29-19-10-9-16(23)14-18(19)20(27)25-22(30)24-17-8-6-7-15(13-17)21(28)26-11-4-3-5-12-26/h6-10,13-14H,2-5,11-12H2,1H3,(H2,24,25,27,30). The smallest absolute Gasteiger partial charge is 0.261 e. The Morgan fingerprint density at radius 1 is 1.13 bits per heavy atom. The summed E-state index contributed by atoms with van der Waals surface area (Å²) in [4.78, 5) is 27.3. The van der Waals surface area contributed by atoms with Gasteiger partial charge in [-0.05, 0) is 74.8 Å². The van der Waals surface area contributed by atoms with Crippen LogP contribution in [0.2, 0.25) is 0 Å². The lowest BCUT2D eigenvalue weighted by Crippen LogP contribution is -2.36. The fraction of sp³-hybridized carbons (Fsp3) is 0.318. The summed E-state index contributed by atoms with van der Waals surface area (Å²) in [7, 11) is 0. The Morgan fingerprint density at radius 3 is 2.63 bits per heavy atom. The Bertz CT molecular complexity index is 945. The van der Waals surface area contributed by atoms with Crippen LogP contribution in [0.4, 0.5) is 5.69 Å². The quantitative estimate of drug-likeness (QED) is 0.600. The van der Waals surface area contributed by atoms with Crippen molar-refractivity contribution in [2.45, 2.75) is 26.2 Å². The number of nitrogens with zero attached hydrogens (tertiary/aromatic N) is 1. The molecule has 0 spiro atoms. The maximum absolute atomic E-state index is 12.7. The molecule has 1 fully saturated rings. The molecule has 0 atom stereocenters. The van der Waals surface area contributed by atoms with Crippen molar-refractivity contribution in [2.24, 2.45) is 0 Å². The van der Waals surface area contributed by atoms with Crippen molar-refractivity contribution in [3.63, 3.8) is 0 Å². The zero-order valence-electron chi connectivity index (χ0n) is 16.7. The second-order valence-corrected chi connectivity index (χ2v) is 8.24. The zero-order chi connectivity index (χ0) is 21.5. The first-order chi connectivity index (χ1) is 14.5. The molecule has 0 aliphatic carbocycles. The maximum Gasteiger partial charge on any atom is 0.261 e. The van der Waals surface area contributed by atoms with Crippen LogP contribution in [-0.2, 0) is 0 Å². The van der Waals surface area contributed by atoms with E-state index in [0.717, 1.165) is 30.4 Å². The van der Waals surface area contributed by atoms with Gasteiger partial charge in [0, 0.05) is 28.8 Å². The van der Waals surface area contributed by atoms with Crippen LogP contribution in [0.25, 0.3) is 0 Å². The normalized spacial score (nSPS) is 13.5. The van der Waals surface area contributed by atoms with Gasteiger partial charge >= 0.3 is 0 Å². The molecule has 2 aromatic rings. The summed E-state index contributed by atoms with van der Waals surface area (Å²) >= 11 is 8.67. The number of benzene rings is 2. The molecule has 8 heteroatoms. The Morgan fingerprint density at radius 2 is 1.90 bits per heavy atom. The van der Waals surface area contributed by atoms with Gasteiger partial charge in [-0.3, -0.25) is 14.9 Å². The van der Waals surface area contributed by atoms with E-state index in [2.05, 4.69) is 26.6 Å². The van der Waals surface area contributed by atoms with Gasteiger partial charge in [-0.25, -0.2) is 0 Å². The van der Waals surface area contributed by atoms with Gasteiger partial charge in [-0.15, -0.1) is 0 Å². The monoisotopic (exact) mass is 489 g/mol. The Kier molecular flexibility index (Phi) is 7.81. The molecular formula is C22H24BrN3O3S.